The van der Waals surface area contributed by atoms with Gasteiger partial charge in [-0.1, -0.05) is 60.7 Å². The Balaban J connectivity index is 1.43. The van der Waals surface area contributed by atoms with Crippen LogP contribution in [0, 0.1) is 6.92 Å². The first-order chi connectivity index (χ1) is 15.7. The second-order valence-electron chi connectivity index (χ2n) is 8.04. The van der Waals surface area contributed by atoms with Gasteiger partial charge in [0.1, 0.15) is 5.75 Å². The zero-order chi connectivity index (χ0) is 22.3. The summed E-state index contributed by atoms with van der Waals surface area (Å²) in [6, 6.07) is 24.8. The molecule has 4 nitrogen and oxygen atoms in total. The monoisotopic (exact) mass is 426 g/mol. The summed E-state index contributed by atoms with van der Waals surface area (Å²) in [5.74, 6) is 0.876. The fourth-order valence-corrected chi connectivity index (χ4v) is 4.10. The number of amides is 1. The van der Waals surface area contributed by atoms with Crippen LogP contribution in [0.2, 0.25) is 0 Å². The molecular formula is C28H30N2O2. The second kappa shape index (κ2) is 10.2. The Morgan fingerprint density at radius 3 is 2.44 bits per heavy atom. The Morgan fingerprint density at radius 1 is 0.906 bits per heavy atom. The van der Waals surface area contributed by atoms with Crippen LogP contribution in [0.3, 0.4) is 0 Å². The number of rotatable bonds is 9. The van der Waals surface area contributed by atoms with Crippen LogP contribution in [0.5, 0.6) is 5.75 Å². The van der Waals surface area contributed by atoms with Gasteiger partial charge in [-0.3, -0.25) is 4.79 Å². The zero-order valence-corrected chi connectivity index (χ0v) is 18.8. The summed E-state index contributed by atoms with van der Waals surface area (Å²) in [6.45, 7) is 6.02. The molecule has 0 unspecified atom stereocenters. The minimum Gasteiger partial charge on any atom is -0.494 e. The first-order valence-corrected chi connectivity index (χ1v) is 11.2. The van der Waals surface area contributed by atoms with Crippen molar-refractivity contribution in [2.24, 2.45) is 0 Å². The maximum Gasteiger partial charge on any atom is 0.220 e. The highest BCUT2D eigenvalue weighted by Gasteiger charge is 2.12. The lowest BCUT2D eigenvalue weighted by Gasteiger charge is -2.11. The highest BCUT2D eigenvalue weighted by molar-refractivity contribution is 5.85. The number of fused-ring (bicyclic) bond motifs is 1. The van der Waals surface area contributed by atoms with Gasteiger partial charge in [0.15, 0.2) is 0 Å². The van der Waals surface area contributed by atoms with Gasteiger partial charge in [-0.2, -0.15) is 0 Å². The third-order valence-electron chi connectivity index (χ3n) is 5.84. The van der Waals surface area contributed by atoms with E-state index in [4.69, 9.17) is 4.74 Å². The van der Waals surface area contributed by atoms with Crippen molar-refractivity contribution < 1.29 is 9.53 Å². The number of para-hydroxylation sites is 2. The van der Waals surface area contributed by atoms with Gasteiger partial charge < -0.3 is 14.6 Å². The molecule has 4 rings (SSSR count). The van der Waals surface area contributed by atoms with E-state index in [1.165, 1.54) is 27.6 Å². The molecule has 164 valence electrons. The second-order valence-corrected chi connectivity index (χ2v) is 8.04. The van der Waals surface area contributed by atoms with Crippen LogP contribution < -0.4 is 10.1 Å². The summed E-state index contributed by atoms with van der Waals surface area (Å²) in [4.78, 5) is 12.6. The van der Waals surface area contributed by atoms with Crippen LogP contribution in [0.15, 0.2) is 79.0 Å². The Bertz CT molecular complexity index is 1210. The van der Waals surface area contributed by atoms with Gasteiger partial charge in [0.25, 0.3) is 0 Å². The fraction of sp³-hybridized carbons (Fsp3) is 0.250. The van der Waals surface area contributed by atoms with Crippen LogP contribution in [-0.4, -0.2) is 17.1 Å². The quantitative estimate of drug-likeness (QED) is 0.376. The molecule has 0 aliphatic rings. The van der Waals surface area contributed by atoms with E-state index in [1.54, 1.807) is 0 Å². The first kappa shape index (κ1) is 21.7. The summed E-state index contributed by atoms with van der Waals surface area (Å²) in [6.07, 6.45) is 3.37. The average molecular weight is 427 g/mol. The lowest BCUT2D eigenvalue weighted by molar-refractivity contribution is -0.121. The number of nitrogens with zero attached hydrogens (tertiary/aromatic N) is 1. The number of aryl methyl sites for hydroxylation is 2. The van der Waals surface area contributed by atoms with E-state index in [9.17, 15) is 4.79 Å². The number of carbonyl (C=O) groups is 1. The van der Waals surface area contributed by atoms with Crippen molar-refractivity contribution in [3.8, 4) is 5.75 Å². The summed E-state index contributed by atoms with van der Waals surface area (Å²) < 4.78 is 7.95. The number of hydrogen-bond acceptors (Lipinski definition) is 2. The Morgan fingerprint density at radius 2 is 1.62 bits per heavy atom. The van der Waals surface area contributed by atoms with Crippen LogP contribution >= 0.6 is 0 Å². The van der Waals surface area contributed by atoms with E-state index < -0.39 is 0 Å². The molecule has 32 heavy (non-hydrogen) atoms. The maximum absolute atomic E-state index is 12.6. The van der Waals surface area contributed by atoms with Crippen molar-refractivity contribution >= 4 is 16.8 Å². The van der Waals surface area contributed by atoms with Crippen LogP contribution in [0.1, 0.15) is 35.6 Å². The number of ether oxygens (including phenoxy) is 1. The van der Waals surface area contributed by atoms with Crippen molar-refractivity contribution in [1.29, 1.82) is 0 Å². The Kier molecular flexibility index (Phi) is 6.90. The van der Waals surface area contributed by atoms with Crippen molar-refractivity contribution in [3.63, 3.8) is 0 Å². The van der Waals surface area contributed by atoms with Crippen molar-refractivity contribution in [2.75, 3.05) is 6.61 Å². The summed E-state index contributed by atoms with van der Waals surface area (Å²) >= 11 is 0. The van der Waals surface area contributed by atoms with E-state index in [1.807, 2.05) is 31.2 Å². The number of carbonyl (C=O) groups excluding carboxylic acids is 1. The normalized spacial score (nSPS) is 10.9. The topological polar surface area (TPSA) is 43.3 Å². The molecule has 0 saturated heterocycles. The van der Waals surface area contributed by atoms with Gasteiger partial charge in [0.2, 0.25) is 5.91 Å². The third-order valence-corrected chi connectivity index (χ3v) is 5.84. The zero-order valence-electron chi connectivity index (χ0n) is 18.8. The molecule has 1 heterocycles. The van der Waals surface area contributed by atoms with Crippen LogP contribution in [0.25, 0.3) is 10.9 Å². The van der Waals surface area contributed by atoms with Crippen molar-refractivity contribution in [2.45, 2.75) is 39.8 Å². The summed E-state index contributed by atoms with van der Waals surface area (Å²) in [5, 5.41) is 4.26. The van der Waals surface area contributed by atoms with Crippen molar-refractivity contribution in [1.82, 2.24) is 9.88 Å². The molecule has 1 aromatic heterocycles. The molecular weight excluding hydrogens is 396 g/mol. The number of benzene rings is 3. The Labute approximate surface area is 189 Å². The largest absolute Gasteiger partial charge is 0.494 e. The number of nitrogens with one attached hydrogen (secondary N) is 1. The molecule has 0 aliphatic heterocycles. The predicted octanol–water partition coefficient (Wildman–Crippen LogP) is 5.65. The molecule has 0 atom stereocenters. The highest BCUT2D eigenvalue weighted by atomic mass is 16.5. The van der Waals surface area contributed by atoms with E-state index in [-0.39, 0.29) is 5.91 Å². The van der Waals surface area contributed by atoms with Crippen molar-refractivity contribution in [3.05, 3.63) is 101 Å². The molecule has 0 bridgehead atoms. The lowest BCUT2D eigenvalue weighted by atomic mass is 10.1. The fourth-order valence-electron chi connectivity index (χ4n) is 4.10. The van der Waals surface area contributed by atoms with Gasteiger partial charge in [0.05, 0.1) is 6.61 Å². The van der Waals surface area contributed by atoms with E-state index in [2.05, 4.69) is 71.5 Å². The molecule has 0 spiro atoms. The minimum absolute atomic E-state index is 0.0482. The molecule has 3 aromatic carbocycles. The maximum atomic E-state index is 12.6. The molecule has 1 amide bonds. The molecule has 4 aromatic rings. The SMILES string of the molecule is CCOc1ccccc1CNC(=O)CCc1cn(Cc2ccccc2C)c2ccccc12. The van der Waals surface area contributed by atoms with E-state index in [0.717, 1.165) is 17.9 Å². The summed E-state index contributed by atoms with van der Waals surface area (Å²) in [7, 11) is 0. The smallest absolute Gasteiger partial charge is 0.220 e. The minimum atomic E-state index is 0.0482. The first-order valence-electron chi connectivity index (χ1n) is 11.2. The third kappa shape index (κ3) is 5.02. The van der Waals surface area contributed by atoms with Crippen LogP contribution in [-0.2, 0) is 24.3 Å². The molecule has 0 fully saturated rings. The highest BCUT2D eigenvalue weighted by Crippen LogP contribution is 2.24. The van der Waals surface area contributed by atoms with Gasteiger partial charge >= 0.3 is 0 Å². The molecule has 0 radical (unpaired) electrons. The van der Waals surface area contributed by atoms with Crippen LogP contribution in [0.4, 0.5) is 0 Å². The van der Waals surface area contributed by atoms with Gasteiger partial charge in [0, 0.05) is 42.2 Å². The molecule has 4 heteroatoms. The number of aromatic nitrogens is 1. The van der Waals surface area contributed by atoms with E-state index in [0.29, 0.717) is 26.0 Å². The molecule has 0 saturated carbocycles. The molecule has 1 N–H and O–H groups in total. The van der Waals surface area contributed by atoms with Gasteiger partial charge in [-0.25, -0.2) is 0 Å². The Hall–Kier alpha value is -3.53. The number of hydrogen-bond donors (Lipinski definition) is 1. The summed E-state index contributed by atoms with van der Waals surface area (Å²) in [5.41, 5.74) is 6.01. The lowest BCUT2D eigenvalue weighted by Crippen LogP contribution is -2.23. The van der Waals surface area contributed by atoms with Gasteiger partial charge in [-0.15, -0.1) is 0 Å². The average Bonchev–Trinajstić information content (AvgIpc) is 3.16. The van der Waals surface area contributed by atoms with E-state index >= 15 is 0 Å². The predicted molar refractivity (Wildman–Crippen MR) is 130 cm³/mol. The standard InChI is InChI=1S/C28H30N2O2/c1-3-32-27-15-9-6-11-22(27)18-29-28(31)17-16-24-20-30(26-14-8-7-13-25(24)26)19-23-12-5-4-10-21(23)2/h4-15,20H,3,16-19H2,1-2H3,(H,29,31). The molecule has 0 aliphatic carbocycles. The van der Waals surface area contributed by atoms with Gasteiger partial charge in [-0.05, 0) is 49.1 Å².